The Labute approximate surface area is 134 Å². The largest absolute Gasteiger partial charge is 0.391 e. The minimum atomic E-state index is -0.590. The van der Waals surface area contributed by atoms with Crippen molar-refractivity contribution in [2.45, 2.75) is 39.0 Å². The van der Waals surface area contributed by atoms with Gasteiger partial charge in [-0.25, -0.2) is 4.39 Å². The molecule has 0 unspecified atom stereocenters. The molecular weight excluding hydrogens is 297 g/mol. The van der Waals surface area contributed by atoms with E-state index >= 15 is 0 Å². The fraction of sp³-hybridized carbons (Fsp3) is 0.412. The minimum Gasteiger partial charge on any atom is -0.391 e. The number of amides is 1. The Morgan fingerprint density at radius 1 is 1.39 bits per heavy atom. The van der Waals surface area contributed by atoms with Gasteiger partial charge in [0.2, 0.25) is 5.91 Å². The number of halogens is 1. The first-order chi connectivity index (χ1) is 10.9. The molecule has 0 aliphatic carbocycles. The maximum Gasteiger partial charge on any atom is 0.244 e. The van der Waals surface area contributed by atoms with Crippen LogP contribution in [0.25, 0.3) is 0 Å². The van der Waals surface area contributed by atoms with Crippen molar-refractivity contribution in [1.29, 1.82) is 0 Å². The zero-order valence-corrected chi connectivity index (χ0v) is 13.2. The summed E-state index contributed by atoms with van der Waals surface area (Å²) in [6.07, 6.45) is -0.167. The Hall–Kier alpha value is -2.21. The number of likely N-dealkylation sites (tertiary alicyclic amines) is 1. The van der Waals surface area contributed by atoms with E-state index in [1.54, 1.807) is 21.7 Å². The van der Waals surface area contributed by atoms with Gasteiger partial charge in [0.05, 0.1) is 17.8 Å². The molecule has 1 aliphatic heterocycles. The van der Waals surface area contributed by atoms with Crippen LogP contribution in [0.5, 0.6) is 0 Å². The number of hydrogen-bond donors (Lipinski definition) is 1. The van der Waals surface area contributed by atoms with Crippen molar-refractivity contribution in [2.75, 3.05) is 6.54 Å². The summed E-state index contributed by atoms with van der Waals surface area (Å²) in [6, 6.07) is 7.82. The van der Waals surface area contributed by atoms with Crippen molar-refractivity contribution in [3.05, 3.63) is 53.1 Å². The third kappa shape index (κ3) is 3.27. The van der Waals surface area contributed by atoms with Crippen LogP contribution >= 0.6 is 0 Å². The van der Waals surface area contributed by atoms with Gasteiger partial charge >= 0.3 is 0 Å². The van der Waals surface area contributed by atoms with Crippen LogP contribution in [0.1, 0.15) is 29.4 Å². The molecule has 0 bridgehead atoms. The van der Waals surface area contributed by atoms with Crippen molar-refractivity contribution >= 4 is 5.91 Å². The van der Waals surface area contributed by atoms with Gasteiger partial charge in [-0.3, -0.25) is 9.48 Å². The molecule has 3 rings (SSSR count). The van der Waals surface area contributed by atoms with Gasteiger partial charge in [0.15, 0.2) is 0 Å². The van der Waals surface area contributed by atoms with Crippen molar-refractivity contribution in [3.63, 3.8) is 0 Å². The van der Waals surface area contributed by atoms with Crippen LogP contribution in [0.3, 0.4) is 0 Å². The smallest absolute Gasteiger partial charge is 0.244 e. The highest BCUT2D eigenvalue weighted by atomic mass is 19.1. The van der Waals surface area contributed by atoms with Crippen LogP contribution in [0.15, 0.2) is 30.3 Å². The van der Waals surface area contributed by atoms with E-state index in [0.29, 0.717) is 12.0 Å². The SMILES string of the molecule is Cc1cc(C)n(CC(=O)N2C[C@@H](O)C[C@H]2c2cccc(F)c2)n1. The van der Waals surface area contributed by atoms with Crippen molar-refractivity contribution < 1.29 is 14.3 Å². The predicted octanol–water partition coefficient (Wildman–Crippen LogP) is 1.97. The predicted molar refractivity (Wildman–Crippen MR) is 83.2 cm³/mol. The summed E-state index contributed by atoms with van der Waals surface area (Å²) in [4.78, 5) is 14.3. The summed E-state index contributed by atoms with van der Waals surface area (Å²) in [5.41, 5.74) is 2.49. The second-order valence-corrected chi connectivity index (χ2v) is 6.09. The summed E-state index contributed by atoms with van der Waals surface area (Å²) in [5, 5.41) is 14.3. The zero-order valence-electron chi connectivity index (χ0n) is 13.2. The highest BCUT2D eigenvalue weighted by Crippen LogP contribution is 2.32. The first-order valence-electron chi connectivity index (χ1n) is 7.68. The number of nitrogens with zero attached hydrogens (tertiary/aromatic N) is 3. The number of carbonyl (C=O) groups excluding carboxylic acids is 1. The van der Waals surface area contributed by atoms with Crippen LogP contribution < -0.4 is 0 Å². The van der Waals surface area contributed by atoms with Gasteiger partial charge in [0, 0.05) is 12.2 Å². The highest BCUT2D eigenvalue weighted by Gasteiger charge is 2.35. The Morgan fingerprint density at radius 2 is 2.17 bits per heavy atom. The van der Waals surface area contributed by atoms with E-state index < -0.39 is 6.10 Å². The highest BCUT2D eigenvalue weighted by molar-refractivity contribution is 5.77. The molecule has 5 nitrogen and oxygen atoms in total. The maximum absolute atomic E-state index is 13.5. The van der Waals surface area contributed by atoms with Crippen LogP contribution in [-0.4, -0.2) is 38.3 Å². The second-order valence-electron chi connectivity index (χ2n) is 6.09. The van der Waals surface area contributed by atoms with E-state index in [1.165, 1.54) is 12.1 Å². The van der Waals surface area contributed by atoms with Crippen LogP contribution in [0, 0.1) is 19.7 Å². The number of benzene rings is 1. The molecule has 0 spiro atoms. The lowest BCUT2D eigenvalue weighted by molar-refractivity contribution is -0.133. The molecule has 1 aromatic carbocycles. The number of aromatic nitrogens is 2. The number of aliphatic hydroxyl groups is 1. The monoisotopic (exact) mass is 317 g/mol. The van der Waals surface area contributed by atoms with Gasteiger partial charge in [0.1, 0.15) is 12.4 Å². The van der Waals surface area contributed by atoms with Crippen molar-refractivity contribution in [2.24, 2.45) is 0 Å². The van der Waals surface area contributed by atoms with Gasteiger partial charge in [-0.2, -0.15) is 5.10 Å². The second kappa shape index (κ2) is 6.12. The summed E-state index contributed by atoms with van der Waals surface area (Å²) < 4.78 is 15.1. The fourth-order valence-electron chi connectivity index (χ4n) is 3.17. The summed E-state index contributed by atoms with van der Waals surface area (Å²) >= 11 is 0. The Morgan fingerprint density at radius 3 is 2.83 bits per heavy atom. The van der Waals surface area contributed by atoms with Crippen LogP contribution in [-0.2, 0) is 11.3 Å². The number of rotatable bonds is 3. The van der Waals surface area contributed by atoms with E-state index in [0.717, 1.165) is 11.4 Å². The molecule has 1 N–H and O–H groups in total. The molecular formula is C17H20FN3O2. The molecule has 2 heterocycles. The van der Waals surface area contributed by atoms with Gasteiger partial charge < -0.3 is 10.0 Å². The topological polar surface area (TPSA) is 58.4 Å². The molecule has 2 atom stereocenters. The molecule has 122 valence electrons. The first kappa shape index (κ1) is 15.7. The lowest BCUT2D eigenvalue weighted by Crippen LogP contribution is -2.35. The van der Waals surface area contributed by atoms with Gasteiger partial charge in [0.25, 0.3) is 0 Å². The Kier molecular flexibility index (Phi) is 4.17. The van der Waals surface area contributed by atoms with E-state index in [4.69, 9.17) is 0 Å². The molecule has 6 heteroatoms. The van der Waals surface area contributed by atoms with Gasteiger partial charge in [-0.1, -0.05) is 12.1 Å². The number of aryl methyl sites for hydroxylation is 2. The summed E-state index contributed by atoms with van der Waals surface area (Å²) in [6.45, 7) is 4.16. The van der Waals surface area contributed by atoms with E-state index in [1.807, 2.05) is 19.9 Å². The standard InChI is InChI=1S/C17H20FN3O2/c1-11-6-12(2)21(19-11)10-17(23)20-9-15(22)8-16(20)13-4-3-5-14(18)7-13/h3-7,15-16,22H,8-10H2,1-2H3/t15-,16-/m0/s1. The molecule has 1 aromatic heterocycles. The molecule has 1 fully saturated rings. The third-order valence-electron chi connectivity index (χ3n) is 4.22. The number of carbonyl (C=O) groups is 1. The van der Waals surface area contributed by atoms with Crippen LogP contribution in [0.2, 0.25) is 0 Å². The van der Waals surface area contributed by atoms with E-state index in [9.17, 15) is 14.3 Å². The normalized spacial score (nSPS) is 21.0. The van der Waals surface area contributed by atoms with Gasteiger partial charge in [-0.05, 0) is 44.0 Å². The molecule has 0 saturated carbocycles. The van der Waals surface area contributed by atoms with Crippen LogP contribution in [0.4, 0.5) is 4.39 Å². The molecule has 23 heavy (non-hydrogen) atoms. The number of β-amino-alcohol motifs (C(OH)–C–C–N with tert-alkyl or cyclic N) is 1. The molecule has 2 aromatic rings. The van der Waals surface area contributed by atoms with E-state index in [2.05, 4.69) is 5.10 Å². The molecule has 1 saturated heterocycles. The average molecular weight is 317 g/mol. The molecule has 1 aliphatic rings. The molecule has 1 amide bonds. The number of aliphatic hydroxyl groups excluding tert-OH is 1. The summed E-state index contributed by atoms with van der Waals surface area (Å²) in [5.74, 6) is -0.461. The maximum atomic E-state index is 13.5. The Bertz CT molecular complexity index is 728. The Balaban J connectivity index is 1.81. The minimum absolute atomic E-state index is 0.123. The number of hydrogen-bond acceptors (Lipinski definition) is 3. The zero-order chi connectivity index (χ0) is 16.6. The lowest BCUT2D eigenvalue weighted by Gasteiger charge is -2.25. The molecule has 0 radical (unpaired) electrons. The first-order valence-corrected chi connectivity index (χ1v) is 7.68. The lowest BCUT2D eigenvalue weighted by atomic mass is 10.0. The fourth-order valence-corrected chi connectivity index (χ4v) is 3.17. The van der Waals surface area contributed by atoms with Gasteiger partial charge in [-0.15, -0.1) is 0 Å². The third-order valence-corrected chi connectivity index (χ3v) is 4.22. The summed E-state index contributed by atoms with van der Waals surface area (Å²) in [7, 11) is 0. The van der Waals surface area contributed by atoms with Crippen molar-refractivity contribution in [1.82, 2.24) is 14.7 Å². The quantitative estimate of drug-likeness (QED) is 0.941. The van der Waals surface area contributed by atoms with E-state index in [-0.39, 0.29) is 30.9 Å². The van der Waals surface area contributed by atoms with Crippen molar-refractivity contribution in [3.8, 4) is 0 Å². The average Bonchev–Trinajstić information content (AvgIpc) is 3.02.